The van der Waals surface area contributed by atoms with Gasteiger partial charge in [-0.05, 0) is 70.1 Å². The van der Waals surface area contributed by atoms with Gasteiger partial charge >= 0.3 is 6.09 Å². The first-order valence-electron chi connectivity index (χ1n) is 10.0. The number of nitrogen functional groups attached to an aromatic ring is 1. The van der Waals surface area contributed by atoms with E-state index in [2.05, 4.69) is 0 Å². The Kier molecular flexibility index (Phi) is 7.37. The van der Waals surface area contributed by atoms with Gasteiger partial charge in [-0.3, -0.25) is 0 Å². The number of rotatable bonds is 6. The van der Waals surface area contributed by atoms with Crippen LogP contribution in [0.5, 0.6) is 0 Å². The van der Waals surface area contributed by atoms with E-state index in [1.165, 1.54) is 6.26 Å². The molecule has 7 heteroatoms. The number of carbonyl (C=O) groups is 1. The lowest BCUT2D eigenvalue weighted by molar-refractivity contribution is 0.0180. The number of carbonyl (C=O) groups excluding carboxylic acids is 1. The second-order valence-electron chi connectivity index (χ2n) is 8.80. The van der Waals surface area contributed by atoms with E-state index in [4.69, 9.17) is 10.5 Å². The molecular weight excluding hydrogens is 376 g/mol. The van der Waals surface area contributed by atoms with Crippen molar-refractivity contribution in [1.82, 2.24) is 4.90 Å². The molecule has 1 aliphatic heterocycles. The normalized spacial score (nSPS) is 16.2. The van der Waals surface area contributed by atoms with Gasteiger partial charge < -0.3 is 15.4 Å². The van der Waals surface area contributed by atoms with Crippen LogP contribution < -0.4 is 5.73 Å². The van der Waals surface area contributed by atoms with E-state index in [1.54, 1.807) is 12.1 Å². The average Bonchev–Trinajstić information content (AvgIpc) is 2.56. The zero-order chi connectivity index (χ0) is 20.9. The summed E-state index contributed by atoms with van der Waals surface area (Å²) < 4.78 is 28.7. The number of likely N-dealkylation sites (tertiary alicyclic amines) is 1. The van der Waals surface area contributed by atoms with Crippen LogP contribution in [-0.2, 0) is 21.0 Å². The monoisotopic (exact) mass is 410 g/mol. The van der Waals surface area contributed by atoms with E-state index in [0.717, 1.165) is 57.2 Å². The zero-order valence-corrected chi connectivity index (χ0v) is 18.3. The van der Waals surface area contributed by atoms with Crippen LogP contribution in [0, 0.1) is 5.92 Å². The highest BCUT2D eigenvalue weighted by molar-refractivity contribution is 7.90. The Balaban J connectivity index is 1.70. The van der Waals surface area contributed by atoms with Crippen LogP contribution in [0.1, 0.15) is 58.4 Å². The summed E-state index contributed by atoms with van der Waals surface area (Å²) in [6, 6.07) is 5.23. The third-order valence-corrected chi connectivity index (χ3v) is 6.24. The van der Waals surface area contributed by atoms with Crippen molar-refractivity contribution in [3.05, 3.63) is 23.8 Å². The van der Waals surface area contributed by atoms with Gasteiger partial charge in [0.25, 0.3) is 0 Å². The second kappa shape index (κ2) is 9.16. The molecule has 1 amide bonds. The first-order chi connectivity index (χ1) is 13.0. The first kappa shape index (κ1) is 22.5. The van der Waals surface area contributed by atoms with Crippen LogP contribution in [-0.4, -0.2) is 44.4 Å². The van der Waals surface area contributed by atoms with Crippen LogP contribution in [0.3, 0.4) is 0 Å². The van der Waals surface area contributed by atoms with Gasteiger partial charge in [0.1, 0.15) is 5.60 Å². The highest BCUT2D eigenvalue weighted by Gasteiger charge is 2.26. The number of hydrogen-bond donors (Lipinski definition) is 1. The Bertz CT molecular complexity index is 776. The van der Waals surface area contributed by atoms with Gasteiger partial charge in [0.05, 0.1) is 10.6 Å². The number of nitrogens with zero attached hydrogens (tertiary/aromatic N) is 1. The highest BCUT2D eigenvalue weighted by Crippen LogP contribution is 2.25. The molecule has 1 heterocycles. The Morgan fingerprint density at radius 2 is 1.86 bits per heavy atom. The predicted octanol–water partition coefficient (Wildman–Crippen LogP) is 4.03. The van der Waals surface area contributed by atoms with Gasteiger partial charge in [-0.25, -0.2) is 13.2 Å². The van der Waals surface area contributed by atoms with Gasteiger partial charge in [0, 0.05) is 19.3 Å². The fraction of sp³-hybridized carbons (Fsp3) is 0.667. The number of unbranched alkanes of at least 4 members (excludes halogenated alkanes) is 1. The largest absolute Gasteiger partial charge is 0.444 e. The number of anilines is 1. The SMILES string of the molecule is CC(C)(C)OC(=O)N1CCC(CCCCc2ccc(S(C)(=O)=O)c(N)c2)CC1. The maximum atomic E-state index is 12.1. The molecule has 1 saturated heterocycles. The van der Waals surface area contributed by atoms with Crippen molar-refractivity contribution in [2.24, 2.45) is 5.92 Å². The maximum Gasteiger partial charge on any atom is 0.410 e. The minimum atomic E-state index is -3.27. The number of benzene rings is 1. The quantitative estimate of drug-likeness (QED) is 0.565. The summed E-state index contributed by atoms with van der Waals surface area (Å²) in [5, 5.41) is 0. The Morgan fingerprint density at radius 1 is 1.21 bits per heavy atom. The van der Waals surface area contributed by atoms with Gasteiger partial charge in [-0.2, -0.15) is 0 Å². The molecule has 2 N–H and O–H groups in total. The van der Waals surface area contributed by atoms with Gasteiger partial charge in [0.2, 0.25) is 0 Å². The summed E-state index contributed by atoms with van der Waals surface area (Å²) >= 11 is 0. The molecule has 0 atom stereocenters. The molecule has 0 unspecified atom stereocenters. The number of ether oxygens (including phenoxy) is 1. The number of hydrogen-bond acceptors (Lipinski definition) is 5. The van der Waals surface area contributed by atoms with Gasteiger partial charge in [0.15, 0.2) is 9.84 Å². The lowest BCUT2D eigenvalue weighted by Crippen LogP contribution is -2.41. The van der Waals surface area contributed by atoms with Crippen molar-refractivity contribution in [2.75, 3.05) is 25.1 Å². The molecule has 1 aromatic carbocycles. The summed E-state index contributed by atoms with van der Waals surface area (Å²) in [7, 11) is -3.27. The van der Waals surface area contributed by atoms with Crippen LogP contribution in [0.4, 0.5) is 10.5 Å². The number of nitrogens with two attached hydrogens (primary N) is 1. The fourth-order valence-corrected chi connectivity index (χ4v) is 4.39. The molecule has 0 spiro atoms. The van der Waals surface area contributed by atoms with E-state index in [1.807, 2.05) is 31.7 Å². The standard InChI is InChI=1S/C21H34N2O4S/c1-21(2,3)27-20(24)23-13-11-16(12-14-23)7-5-6-8-17-9-10-19(18(22)15-17)28(4,25)26/h9-10,15-16H,5-8,11-14,22H2,1-4H3. The van der Waals surface area contributed by atoms with E-state index < -0.39 is 15.4 Å². The smallest absolute Gasteiger partial charge is 0.410 e. The van der Waals surface area contributed by atoms with Crippen LogP contribution in [0.2, 0.25) is 0 Å². The Labute approximate surface area is 169 Å². The lowest BCUT2D eigenvalue weighted by atomic mass is 9.91. The topological polar surface area (TPSA) is 89.7 Å². The van der Waals surface area contributed by atoms with Crippen molar-refractivity contribution in [1.29, 1.82) is 0 Å². The third kappa shape index (κ3) is 7.00. The minimum absolute atomic E-state index is 0.202. The van der Waals surface area contributed by atoms with E-state index in [0.29, 0.717) is 11.6 Å². The van der Waals surface area contributed by atoms with Gasteiger partial charge in [-0.15, -0.1) is 0 Å². The van der Waals surface area contributed by atoms with Crippen LogP contribution in [0.25, 0.3) is 0 Å². The predicted molar refractivity (Wildman–Crippen MR) is 112 cm³/mol. The van der Waals surface area contributed by atoms with Crippen molar-refractivity contribution in [3.8, 4) is 0 Å². The van der Waals surface area contributed by atoms with Gasteiger partial charge in [-0.1, -0.05) is 18.9 Å². The summed E-state index contributed by atoms with van der Waals surface area (Å²) in [4.78, 5) is 14.1. The molecule has 1 aromatic rings. The summed E-state index contributed by atoms with van der Waals surface area (Å²) in [6.07, 6.45) is 7.22. The van der Waals surface area contributed by atoms with Crippen molar-refractivity contribution in [3.63, 3.8) is 0 Å². The lowest BCUT2D eigenvalue weighted by Gasteiger charge is -2.33. The molecule has 2 rings (SSSR count). The number of piperidine rings is 1. The van der Waals surface area contributed by atoms with E-state index >= 15 is 0 Å². The van der Waals surface area contributed by atoms with Crippen molar-refractivity contribution >= 4 is 21.6 Å². The van der Waals surface area contributed by atoms with E-state index in [9.17, 15) is 13.2 Å². The molecule has 158 valence electrons. The molecule has 28 heavy (non-hydrogen) atoms. The molecule has 1 fully saturated rings. The molecule has 0 aromatic heterocycles. The third-order valence-electron chi connectivity index (χ3n) is 5.07. The van der Waals surface area contributed by atoms with Crippen molar-refractivity contribution in [2.45, 2.75) is 69.8 Å². The minimum Gasteiger partial charge on any atom is -0.444 e. The van der Waals surface area contributed by atoms with E-state index in [-0.39, 0.29) is 11.0 Å². The molecule has 0 radical (unpaired) electrons. The number of aryl methyl sites for hydroxylation is 1. The molecule has 1 aliphatic rings. The van der Waals surface area contributed by atoms with Crippen molar-refractivity contribution < 1.29 is 17.9 Å². The Hall–Kier alpha value is -1.76. The first-order valence-corrected chi connectivity index (χ1v) is 11.9. The van der Waals surface area contributed by atoms with Crippen LogP contribution in [0.15, 0.2) is 23.1 Å². The summed E-state index contributed by atoms with van der Waals surface area (Å²) in [5.41, 5.74) is 6.84. The maximum absolute atomic E-state index is 12.1. The second-order valence-corrected chi connectivity index (χ2v) is 10.8. The summed E-state index contributed by atoms with van der Waals surface area (Å²) in [6.45, 7) is 7.20. The molecule has 0 saturated carbocycles. The highest BCUT2D eigenvalue weighted by atomic mass is 32.2. The van der Waals surface area contributed by atoms with Crippen LogP contribution >= 0.6 is 0 Å². The molecule has 0 bridgehead atoms. The average molecular weight is 411 g/mol. The molecule has 0 aliphatic carbocycles. The Morgan fingerprint density at radius 3 is 2.39 bits per heavy atom. The molecule has 6 nitrogen and oxygen atoms in total. The zero-order valence-electron chi connectivity index (χ0n) is 17.5. The fourth-order valence-electron chi connectivity index (χ4n) is 3.58. The molecular formula is C21H34N2O4S. The number of amides is 1. The number of sulfone groups is 1. The summed E-state index contributed by atoms with van der Waals surface area (Å²) in [5.74, 6) is 0.649.